The second kappa shape index (κ2) is 7.38. The lowest BCUT2D eigenvalue weighted by molar-refractivity contribution is 0.0978. The molecule has 0 unspecified atom stereocenters. The summed E-state index contributed by atoms with van der Waals surface area (Å²) in [6, 6.07) is 7.47. The number of ether oxygens (including phenoxy) is 2. The molecule has 0 aliphatic carbocycles. The molecule has 0 saturated heterocycles. The zero-order valence-corrected chi connectivity index (χ0v) is 13.6. The molecule has 2 rings (SSSR count). The first-order valence-corrected chi connectivity index (χ1v) is 7.31. The van der Waals surface area contributed by atoms with Crippen molar-refractivity contribution in [2.24, 2.45) is 0 Å². The van der Waals surface area contributed by atoms with Crippen molar-refractivity contribution in [1.82, 2.24) is 9.78 Å². The first-order chi connectivity index (χ1) is 10.2. The Morgan fingerprint density at radius 2 is 2.00 bits per heavy atom. The molecule has 0 fully saturated rings. The first-order valence-electron chi connectivity index (χ1n) is 6.52. The summed E-state index contributed by atoms with van der Waals surface area (Å²) < 4.78 is 12.5. The van der Waals surface area contributed by atoms with E-state index in [1.54, 1.807) is 25.1 Å². The molecule has 0 amide bonds. The Morgan fingerprint density at radius 1 is 1.29 bits per heavy atom. The second-order valence-corrected chi connectivity index (χ2v) is 5.36. The molecule has 21 heavy (non-hydrogen) atoms. The molecule has 1 heterocycles. The minimum atomic E-state index is 0.0145. The molecule has 0 spiro atoms. The van der Waals surface area contributed by atoms with Gasteiger partial charge in [-0.2, -0.15) is 5.10 Å². The predicted molar refractivity (Wildman–Crippen MR) is 82.8 cm³/mol. The Hall–Kier alpha value is -1.66. The Morgan fingerprint density at radius 3 is 2.62 bits per heavy atom. The topological polar surface area (TPSA) is 53.4 Å². The number of methoxy groups -OCH3 is 2. The van der Waals surface area contributed by atoms with Crippen LogP contribution in [0.25, 0.3) is 0 Å². The number of benzene rings is 1. The third kappa shape index (κ3) is 3.92. The van der Waals surface area contributed by atoms with Crippen LogP contribution in [0.15, 0.2) is 34.9 Å². The van der Waals surface area contributed by atoms with Crippen molar-refractivity contribution in [2.45, 2.75) is 13.0 Å². The van der Waals surface area contributed by atoms with E-state index in [4.69, 9.17) is 9.47 Å². The van der Waals surface area contributed by atoms with Crippen LogP contribution in [-0.4, -0.2) is 36.4 Å². The Balaban J connectivity index is 2.13. The molecule has 1 aromatic carbocycles. The van der Waals surface area contributed by atoms with Gasteiger partial charge in [-0.25, -0.2) is 0 Å². The maximum atomic E-state index is 12.5. The number of ketones is 1. The molecule has 1 aromatic heterocycles. The van der Waals surface area contributed by atoms with Gasteiger partial charge in [-0.1, -0.05) is 12.1 Å². The van der Waals surface area contributed by atoms with Gasteiger partial charge in [0.25, 0.3) is 0 Å². The minimum Gasteiger partial charge on any atom is -0.497 e. The molecular formula is C15H17BrN2O3. The van der Waals surface area contributed by atoms with Crippen molar-refractivity contribution < 1.29 is 14.3 Å². The molecule has 0 aliphatic rings. The van der Waals surface area contributed by atoms with Crippen molar-refractivity contribution in [3.8, 4) is 5.75 Å². The fourth-order valence-electron chi connectivity index (χ4n) is 2.00. The smallest absolute Gasteiger partial charge is 0.186 e. The SMILES string of the molecule is COCCn1ncc(Br)c1C(=O)Cc1ccc(OC)cc1. The van der Waals surface area contributed by atoms with Crippen LogP contribution in [0, 0.1) is 0 Å². The van der Waals surface area contributed by atoms with Gasteiger partial charge >= 0.3 is 0 Å². The van der Waals surface area contributed by atoms with E-state index in [9.17, 15) is 4.79 Å². The molecule has 2 aromatic rings. The number of nitrogens with zero attached hydrogens (tertiary/aromatic N) is 2. The molecular weight excluding hydrogens is 336 g/mol. The summed E-state index contributed by atoms with van der Waals surface area (Å²) in [5, 5.41) is 4.19. The summed E-state index contributed by atoms with van der Waals surface area (Å²) in [5.74, 6) is 0.790. The number of carbonyl (C=O) groups excluding carboxylic acids is 1. The summed E-state index contributed by atoms with van der Waals surface area (Å²) in [6.07, 6.45) is 1.96. The lowest BCUT2D eigenvalue weighted by Gasteiger charge is -2.07. The van der Waals surface area contributed by atoms with Crippen molar-refractivity contribution in [3.05, 3.63) is 46.2 Å². The van der Waals surface area contributed by atoms with Crippen LogP contribution in [0.4, 0.5) is 0 Å². The van der Waals surface area contributed by atoms with Gasteiger partial charge in [0, 0.05) is 13.5 Å². The molecule has 0 aliphatic heterocycles. The van der Waals surface area contributed by atoms with Crippen molar-refractivity contribution in [1.29, 1.82) is 0 Å². The van der Waals surface area contributed by atoms with Crippen LogP contribution in [-0.2, 0) is 17.7 Å². The molecule has 5 nitrogen and oxygen atoms in total. The summed E-state index contributed by atoms with van der Waals surface area (Å²) >= 11 is 3.38. The van der Waals surface area contributed by atoms with Crippen LogP contribution in [0.1, 0.15) is 16.1 Å². The Bertz CT molecular complexity index is 608. The standard InChI is InChI=1S/C15H17BrN2O3/c1-20-8-7-18-15(13(16)10-17-18)14(19)9-11-3-5-12(21-2)6-4-11/h3-6,10H,7-9H2,1-2H3. The number of hydrogen-bond donors (Lipinski definition) is 0. The van der Waals surface area contributed by atoms with E-state index in [-0.39, 0.29) is 5.78 Å². The summed E-state index contributed by atoms with van der Waals surface area (Å²) in [4.78, 5) is 12.5. The zero-order chi connectivity index (χ0) is 15.2. The largest absolute Gasteiger partial charge is 0.497 e. The van der Waals surface area contributed by atoms with E-state index >= 15 is 0 Å². The van der Waals surface area contributed by atoms with Crippen molar-refractivity contribution in [2.75, 3.05) is 20.8 Å². The third-order valence-corrected chi connectivity index (χ3v) is 3.67. The fourth-order valence-corrected chi connectivity index (χ4v) is 2.52. The monoisotopic (exact) mass is 352 g/mol. The van der Waals surface area contributed by atoms with Crippen LogP contribution in [0.2, 0.25) is 0 Å². The normalized spacial score (nSPS) is 10.6. The van der Waals surface area contributed by atoms with E-state index < -0.39 is 0 Å². The summed E-state index contributed by atoms with van der Waals surface area (Å²) in [7, 11) is 3.24. The van der Waals surface area contributed by atoms with Gasteiger partial charge in [0.2, 0.25) is 0 Å². The average Bonchev–Trinajstić information content (AvgIpc) is 2.87. The predicted octanol–water partition coefficient (Wildman–Crippen LogP) is 2.73. The lowest BCUT2D eigenvalue weighted by atomic mass is 10.1. The van der Waals surface area contributed by atoms with E-state index in [1.165, 1.54) is 0 Å². The minimum absolute atomic E-state index is 0.0145. The Labute approximate surface area is 132 Å². The van der Waals surface area contributed by atoms with Gasteiger partial charge in [-0.05, 0) is 33.6 Å². The van der Waals surface area contributed by atoms with Gasteiger partial charge in [0.05, 0.1) is 30.9 Å². The number of hydrogen-bond acceptors (Lipinski definition) is 4. The van der Waals surface area contributed by atoms with Crippen LogP contribution >= 0.6 is 15.9 Å². The van der Waals surface area contributed by atoms with Crippen molar-refractivity contribution in [3.63, 3.8) is 0 Å². The number of Topliss-reactive ketones (excluding diaryl/α,β-unsaturated/α-hetero) is 1. The highest BCUT2D eigenvalue weighted by molar-refractivity contribution is 9.10. The number of carbonyl (C=O) groups is 1. The van der Waals surface area contributed by atoms with Gasteiger partial charge in [0.15, 0.2) is 5.78 Å². The Kier molecular flexibility index (Phi) is 5.52. The second-order valence-electron chi connectivity index (χ2n) is 4.51. The third-order valence-electron chi connectivity index (χ3n) is 3.09. The highest BCUT2D eigenvalue weighted by Gasteiger charge is 2.17. The molecule has 0 N–H and O–H groups in total. The van der Waals surface area contributed by atoms with Gasteiger partial charge in [0.1, 0.15) is 11.4 Å². The van der Waals surface area contributed by atoms with Crippen LogP contribution in [0.5, 0.6) is 5.75 Å². The van der Waals surface area contributed by atoms with Crippen LogP contribution in [0.3, 0.4) is 0 Å². The van der Waals surface area contributed by atoms with E-state index in [0.29, 0.717) is 29.7 Å². The van der Waals surface area contributed by atoms with Crippen molar-refractivity contribution >= 4 is 21.7 Å². The maximum Gasteiger partial charge on any atom is 0.186 e. The molecule has 112 valence electrons. The molecule has 6 heteroatoms. The molecule has 0 bridgehead atoms. The zero-order valence-electron chi connectivity index (χ0n) is 12.0. The van der Waals surface area contributed by atoms with E-state index in [2.05, 4.69) is 21.0 Å². The van der Waals surface area contributed by atoms with Crippen LogP contribution < -0.4 is 4.74 Å². The first kappa shape index (κ1) is 15.7. The van der Waals surface area contributed by atoms with Gasteiger partial charge in [-0.3, -0.25) is 9.48 Å². The maximum absolute atomic E-state index is 12.5. The molecule has 0 saturated carbocycles. The van der Waals surface area contributed by atoms with Gasteiger partial charge in [-0.15, -0.1) is 0 Å². The number of halogens is 1. The van der Waals surface area contributed by atoms with Gasteiger partial charge < -0.3 is 9.47 Å². The summed E-state index contributed by atoms with van der Waals surface area (Å²) in [6.45, 7) is 1.06. The average molecular weight is 353 g/mol. The van der Waals surface area contributed by atoms with E-state index in [1.807, 2.05) is 24.3 Å². The highest BCUT2D eigenvalue weighted by atomic mass is 79.9. The summed E-state index contributed by atoms with van der Waals surface area (Å²) in [5.41, 5.74) is 1.51. The quantitative estimate of drug-likeness (QED) is 0.719. The van der Waals surface area contributed by atoms with E-state index in [0.717, 1.165) is 11.3 Å². The fraction of sp³-hybridized carbons (Fsp3) is 0.333. The highest BCUT2D eigenvalue weighted by Crippen LogP contribution is 2.19. The molecule has 0 radical (unpaired) electrons. The molecule has 0 atom stereocenters. The number of rotatable bonds is 7. The lowest BCUT2D eigenvalue weighted by Crippen LogP contribution is -2.15. The number of aromatic nitrogens is 2.